The van der Waals surface area contributed by atoms with Crippen LogP contribution in [0.15, 0.2) is 0 Å². The number of hydrogen-bond acceptors (Lipinski definition) is 3. The largest absolute Gasteiger partial charge is 0.481 e. The van der Waals surface area contributed by atoms with Crippen molar-refractivity contribution in [1.82, 2.24) is 10.6 Å². The van der Waals surface area contributed by atoms with E-state index in [1.54, 1.807) is 0 Å². The molecular formula is C15H26N2O3. The number of nitrogens with one attached hydrogen (secondary N) is 2. The molecule has 0 spiro atoms. The molecule has 1 saturated heterocycles. The Bertz CT molecular complexity index is 356. The van der Waals surface area contributed by atoms with Gasteiger partial charge in [-0.25, -0.2) is 0 Å². The van der Waals surface area contributed by atoms with E-state index in [0.717, 1.165) is 32.2 Å². The maximum Gasteiger partial charge on any atom is 0.311 e. The number of carboxylic acid groups (broad SMARTS) is 1. The first-order valence-corrected chi connectivity index (χ1v) is 7.75. The Morgan fingerprint density at radius 2 is 2.00 bits per heavy atom. The average Bonchev–Trinajstić information content (AvgIpc) is 2.47. The molecule has 5 nitrogen and oxygen atoms in total. The molecule has 3 N–H and O–H groups in total. The molecule has 1 amide bonds. The summed E-state index contributed by atoms with van der Waals surface area (Å²) in [4.78, 5) is 23.7. The lowest BCUT2D eigenvalue weighted by atomic mass is 9.70. The summed E-state index contributed by atoms with van der Waals surface area (Å²) < 4.78 is 0. The molecular weight excluding hydrogens is 256 g/mol. The zero-order valence-corrected chi connectivity index (χ0v) is 12.3. The number of piperidine rings is 1. The normalized spacial score (nSPS) is 34.5. The second-order valence-corrected chi connectivity index (χ2v) is 6.53. The molecule has 20 heavy (non-hydrogen) atoms. The molecule has 0 aromatic rings. The van der Waals surface area contributed by atoms with Crippen LogP contribution in [0.2, 0.25) is 0 Å². The molecule has 1 aliphatic carbocycles. The number of aliphatic carboxylic acids is 1. The lowest BCUT2D eigenvalue weighted by molar-refractivity contribution is -0.151. The summed E-state index contributed by atoms with van der Waals surface area (Å²) in [5.41, 5.74) is -0.746. The summed E-state index contributed by atoms with van der Waals surface area (Å²) >= 11 is 0. The van der Waals surface area contributed by atoms with Crippen molar-refractivity contribution < 1.29 is 14.7 Å². The molecule has 1 heterocycles. The third-order valence-corrected chi connectivity index (χ3v) is 4.95. The molecule has 2 rings (SSSR count). The minimum atomic E-state index is -0.758. The van der Waals surface area contributed by atoms with Gasteiger partial charge in [-0.3, -0.25) is 9.59 Å². The van der Waals surface area contributed by atoms with Crippen molar-refractivity contribution in [3.8, 4) is 0 Å². The van der Waals surface area contributed by atoms with Crippen LogP contribution in [0.25, 0.3) is 0 Å². The highest BCUT2D eigenvalue weighted by Crippen LogP contribution is 2.38. The summed E-state index contributed by atoms with van der Waals surface area (Å²) in [6, 6.07) is 0. The number of hydrogen-bond donors (Lipinski definition) is 3. The predicted octanol–water partition coefficient (Wildman–Crippen LogP) is 1.38. The summed E-state index contributed by atoms with van der Waals surface area (Å²) in [5.74, 6) is -0.152. The average molecular weight is 282 g/mol. The van der Waals surface area contributed by atoms with E-state index in [9.17, 15) is 14.7 Å². The quantitative estimate of drug-likeness (QED) is 0.728. The van der Waals surface area contributed by atoms with Crippen molar-refractivity contribution in [3.63, 3.8) is 0 Å². The summed E-state index contributed by atoms with van der Waals surface area (Å²) in [5, 5.41) is 15.6. The van der Waals surface area contributed by atoms with Gasteiger partial charge in [-0.15, -0.1) is 0 Å². The van der Waals surface area contributed by atoms with Crippen molar-refractivity contribution in [1.29, 1.82) is 0 Å². The monoisotopic (exact) mass is 282 g/mol. The van der Waals surface area contributed by atoms with Gasteiger partial charge in [0.2, 0.25) is 5.91 Å². The first kappa shape index (κ1) is 15.3. The highest BCUT2D eigenvalue weighted by molar-refractivity contribution is 5.81. The van der Waals surface area contributed by atoms with E-state index in [-0.39, 0.29) is 18.4 Å². The number of carbonyl (C=O) groups is 2. The van der Waals surface area contributed by atoms with E-state index in [4.69, 9.17) is 0 Å². The lowest BCUT2D eigenvalue weighted by Crippen LogP contribution is -2.48. The molecule has 0 radical (unpaired) electrons. The standard InChI is InChI=1S/C15H26N2O3/c1-11-4-6-15(7-5-11,14(19)20)10-17-13(18)12-3-2-8-16-9-12/h11-12,16H,2-10H2,1H3,(H,17,18)(H,19,20)/t11?,12-,15?/m1/s1. The van der Waals surface area contributed by atoms with Crippen molar-refractivity contribution >= 4 is 11.9 Å². The molecule has 5 heteroatoms. The Morgan fingerprint density at radius 3 is 2.55 bits per heavy atom. The van der Waals surface area contributed by atoms with E-state index in [2.05, 4.69) is 17.6 Å². The second-order valence-electron chi connectivity index (χ2n) is 6.53. The van der Waals surface area contributed by atoms with Gasteiger partial charge in [0, 0.05) is 13.1 Å². The smallest absolute Gasteiger partial charge is 0.311 e. The van der Waals surface area contributed by atoms with Gasteiger partial charge >= 0.3 is 5.97 Å². The number of carbonyl (C=O) groups excluding carboxylic acids is 1. The van der Waals surface area contributed by atoms with Crippen molar-refractivity contribution in [2.24, 2.45) is 17.3 Å². The maximum absolute atomic E-state index is 12.1. The molecule has 0 aromatic heterocycles. The maximum atomic E-state index is 12.1. The van der Waals surface area contributed by atoms with Gasteiger partial charge in [0.25, 0.3) is 0 Å². The zero-order chi connectivity index (χ0) is 14.6. The van der Waals surface area contributed by atoms with E-state index >= 15 is 0 Å². The fraction of sp³-hybridized carbons (Fsp3) is 0.867. The van der Waals surface area contributed by atoms with Crippen LogP contribution < -0.4 is 10.6 Å². The predicted molar refractivity (Wildman–Crippen MR) is 76.3 cm³/mol. The topological polar surface area (TPSA) is 78.4 Å². The Labute approximate surface area is 120 Å². The molecule has 114 valence electrons. The third-order valence-electron chi connectivity index (χ3n) is 4.95. The Hall–Kier alpha value is -1.10. The Kier molecular flexibility index (Phi) is 5.02. The van der Waals surface area contributed by atoms with Crippen molar-refractivity contribution in [3.05, 3.63) is 0 Å². The summed E-state index contributed by atoms with van der Waals surface area (Å²) in [7, 11) is 0. The van der Waals surface area contributed by atoms with Crippen LogP contribution in [0, 0.1) is 17.3 Å². The van der Waals surface area contributed by atoms with Crippen LogP contribution in [0.5, 0.6) is 0 Å². The SMILES string of the molecule is CC1CCC(CNC(=O)[C@@H]2CCCNC2)(C(=O)O)CC1. The van der Waals surface area contributed by atoms with Gasteiger partial charge < -0.3 is 15.7 Å². The van der Waals surface area contributed by atoms with Crippen LogP contribution in [-0.2, 0) is 9.59 Å². The van der Waals surface area contributed by atoms with Gasteiger partial charge in [0.15, 0.2) is 0 Å². The van der Waals surface area contributed by atoms with Gasteiger partial charge in [-0.05, 0) is 51.0 Å². The molecule has 1 saturated carbocycles. The van der Waals surface area contributed by atoms with E-state index in [1.165, 1.54) is 0 Å². The molecule has 1 atom stereocenters. The number of carboxylic acids is 1. The molecule has 0 bridgehead atoms. The Balaban J connectivity index is 1.89. The van der Waals surface area contributed by atoms with E-state index < -0.39 is 11.4 Å². The first-order valence-electron chi connectivity index (χ1n) is 7.75. The number of rotatable bonds is 4. The van der Waals surface area contributed by atoms with Crippen LogP contribution >= 0.6 is 0 Å². The fourth-order valence-corrected chi connectivity index (χ4v) is 3.26. The van der Waals surface area contributed by atoms with Gasteiger partial charge in [-0.1, -0.05) is 6.92 Å². The first-order chi connectivity index (χ1) is 9.53. The number of amides is 1. The fourth-order valence-electron chi connectivity index (χ4n) is 3.26. The molecule has 0 unspecified atom stereocenters. The van der Waals surface area contributed by atoms with E-state index in [0.29, 0.717) is 25.3 Å². The van der Waals surface area contributed by atoms with Crippen molar-refractivity contribution in [2.75, 3.05) is 19.6 Å². The molecule has 2 fully saturated rings. The summed E-state index contributed by atoms with van der Waals surface area (Å²) in [6.07, 6.45) is 5.13. The molecule has 1 aliphatic heterocycles. The van der Waals surface area contributed by atoms with Crippen LogP contribution in [0.4, 0.5) is 0 Å². The summed E-state index contributed by atoms with van der Waals surface area (Å²) in [6.45, 7) is 4.13. The minimum absolute atomic E-state index is 0.00268. The highest BCUT2D eigenvalue weighted by atomic mass is 16.4. The van der Waals surface area contributed by atoms with Gasteiger partial charge in [0.05, 0.1) is 11.3 Å². The zero-order valence-electron chi connectivity index (χ0n) is 12.3. The second kappa shape index (κ2) is 6.57. The Morgan fingerprint density at radius 1 is 1.30 bits per heavy atom. The third kappa shape index (κ3) is 3.51. The highest BCUT2D eigenvalue weighted by Gasteiger charge is 2.41. The van der Waals surface area contributed by atoms with Crippen LogP contribution in [0.3, 0.4) is 0 Å². The molecule has 0 aromatic carbocycles. The van der Waals surface area contributed by atoms with E-state index in [1.807, 2.05) is 0 Å². The molecule has 2 aliphatic rings. The van der Waals surface area contributed by atoms with Crippen molar-refractivity contribution in [2.45, 2.75) is 45.4 Å². The minimum Gasteiger partial charge on any atom is -0.481 e. The lowest BCUT2D eigenvalue weighted by Gasteiger charge is -2.36. The van der Waals surface area contributed by atoms with Crippen LogP contribution in [-0.4, -0.2) is 36.6 Å². The van der Waals surface area contributed by atoms with Gasteiger partial charge in [0.1, 0.15) is 0 Å². The van der Waals surface area contributed by atoms with Gasteiger partial charge in [-0.2, -0.15) is 0 Å². The van der Waals surface area contributed by atoms with Crippen LogP contribution in [0.1, 0.15) is 45.4 Å².